The second-order valence-corrected chi connectivity index (χ2v) is 23.6. The van der Waals surface area contributed by atoms with E-state index in [2.05, 4.69) is 47.4 Å². The first-order chi connectivity index (χ1) is 16.7. The van der Waals surface area contributed by atoms with Gasteiger partial charge in [0, 0.05) is 0 Å². The maximum Gasteiger partial charge on any atom is -0.369 e. The van der Waals surface area contributed by atoms with Crippen molar-refractivity contribution in [2.24, 2.45) is 0 Å². The second kappa shape index (κ2) is 15.0. The van der Waals surface area contributed by atoms with Crippen molar-refractivity contribution in [1.82, 2.24) is 22.3 Å². The van der Waals surface area contributed by atoms with Gasteiger partial charge in [0.25, 0.3) is 0 Å². The number of hydrogen-bond donors (Lipinski definition) is 3. The minimum absolute atomic E-state index is 0. The Kier molecular flexibility index (Phi) is 13.5. The molecule has 0 unspecified atom stereocenters. The van der Waals surface area contributed by atoms with Crippen LogP contribution in [0.25, 0.3) is 22.3 Å². The number of rotatable bonds is 13. The van der Waals surface area contributed by atoms with Crippen molar-refractivity contribution in [2.45, 2.75) is 72.6 Å². The summed E-state index contributed by atoms with van der Waals surface area (Å²) in [6, 6.07) is 12.3. The fraction of sp³-hybridized carbons (Fsp3) is 0.462. The molecule has 0 atom stereocenters. The van der Waals surface area contributed by atoms with Crippen LogP contribution < -0.4 is 35.8 Å². The van der Waals surface area contributed by atoms with Crippen molar-refractivity contribution in [3.8, 4) is 17.1 Å². The Bertz CT molecular complexity index is 1230. The number of para-hydroxylation sites is 1. The number of unbranched alkanes of at least 4 members (excludes halogenated alkanes) is 3. The van der Waals surface area contributed by atoms with Gasteiger partial charge >= 0.3 is 212 Å². The number of aromatic nitrogens is 2. The van der Waals surface area contributed by atoms with Gasteiger partial charge in [-0.05, 0) is 0 Å². The third-order valence-corrected chi connectivity index (χ3v) is 22.7. The van der Waals surface area contributed by atoms with E-state index < -0.39 is 26.2 Å². The number of fused-ring (bicyclic) bond motifs is 1. The van der Waals surface area contributed by atoms with Crippen molar-refractivity contribution in [3.63, 3.8) is 0 Å². The van der Waals surface area contributed by atoms with Gasteiger partial charge < -0.3 is 12.3 Å². The average molecular weight is 641 g/mol. The van der Waals surface area contributed by atoms with Crippen LogP contribution in [-0.4, -0.2) is 28.3 Å². The molecule has 0 aliphatic heterocycles. The van der Waals surface area contributed by atoms with Crippen molar-refractivity contribution in [2.75, 3.05) is 0 Å². The molecule has 3 rings (SSSR count). The summed E-state index contributed by atoms with van der Waals surface area (Å²) in [5.74, 6) is 0.00546. The first-order valence-corrected chi connectivity index (χ1v) is 21.5. The van der Waals surface area contributed by atoms with Crippen molar-refractivity contribution < 1.29 is 18.9 Å². The number of nitrogens with zero attached hydrogens (tertiary/aromatic N) is 1. The number of phosphoric acid groups is 1. The Morgan fingerprint density at radius 3 is 2.03 bits per heavy atom. The summed E-state index contributed by atoms with van der Waals surface area (Å²) < 4.78 is 21.1. The summed E-state index contributed by atoms with van der Waals surface area (Å²) >= 11 is -2.72. The summed E-state index contributed by atoms with van der Waals surface area (Å²) in [5.41, 5.74) is 0.497. The Balaban J connectivity index is 0.00000342. The van der Waals surface area contributed by atoms with E-state index in [1.165, 1.54) is 61.5 Å². The fourth-order valence-corrected chi connectivity index (χ4v) is 21.2. The Labute approximate surface area is 223 Å². The van der Waals surface area contributed by atoms with E-state index in [1.807, 2.05) is 6.07 Å². The Morgan fingerprint density at radius 1 is 0.919 bits per heavy atom. The van der Waals surface area contributed by atoms with E-state index in [4.69, 9.17) is 0 Å². The smallest absolute Gasteiger partial charge is 0.369 e. The SMILES string of the molecule is CCC[CH2][Sn]([CH2]CCC)([CH2]CCC)[c]1ccc2nc(-c3ccccc3OP(=O)([O-])[O-])[nH]c(=O)c2c1.[NH4+].[NH4+]. The first-order valence-electron chi connectivity index (χ1n) is 12.6. The van der Waals surface area contributed by atoms with E-state index in [0.29, 0.717) is 10.9 Å². The van der Waals surface area contributed by atoms with E-state index in [1.54, 1.807) is 18.2 Å². The molecule has 1 heterocycles. The number of H-pyrrole nitrogens is 1. The molecule has 37 heavy (non-hydrogen) atoms. The molecule has 0 saturated carbocycles. The van der Waals surface area contributed by atoms with Crippen LogP contribution in [-0.2, 0) is 4.57 Å². The van der Waals surface area contributed by atoms with Gasteiger partial charge in [-0.25, -0.2) is 0 Å². The summed E-state index contributed by atoms with van der Waals surface area (Å²) in [6.45, 7) is 6.73. The summed E-state index contributed by atoms with van der Waals surface area (Å²) in [7, 11) is -5.26. The standard InChI is InChI=1S/C14H10N2O5P.3C4H9.2H3N.Sn/c17-14-9-5-1-3-7-11(9)15-13(16-14)10-6-2-4-8-12(10)21-22(18,19)20;3*1-3-4-2;;;/h2-8H,(H,15,16,17)(H2,18,19,20);3*1,3-4H2,2H3;2*1H3;. The number of nitrogens with one attached hydrogen (secondary N) is 1. The topological polar surface area (TPSA) is 191 Å². The zero-order valence-corrected chi connectivity index (χ0v) is 26.6. The van der Waals surface area contributed by atoms with E-state index >= 15 is 0 Å². The van der Waals surface area contributed by atoms with Crippen LogP contribution in [0.2, 0.25) is 13.3 Å². The average Bonchev–Trinajstić information content (AvgIpc) is 2.83. The normalized spacial score (nSPS) is 11.6. The van der Waals surface area contributed by atoms with Gasteiger partial charge in [0.2, 0.25) is 0 Å². The molecule has 2 aromatic carbocycles. The number of quaternary nitrogens is 2. The number of hydrogen-bond acceptors (Lipinski definition) is 6. The largest absolute Gasteiger partial charge is 0.369 e. The van der Waals surface area contributed by atoms with Crippen molar-refractivity contribution in [1.29, 1.82) is 0 Å². The fourth-order valence-electron chi connectivity index (χ4n) is 4.81. The number of phosphoric ester groups is 1. The van der Waals surface area contributed by atoms with Crippen LogP contribution in [0.1, 0.15) is 59.3 Å². The van der Waals surface area contributed by atoms with Crippen LogP contribution in [0.15, 0.2) is 47.3 Å². The molecular weight excluding hydrogens is 598 g/mol. The third-order valence-electron chi connectivity index (χ3n) is 6.70. The molecule has 9 nitrogen and oxygen atoms in total. The molecular formula is C26H43N4O5PSn. The molecule has 11 heteroatoms. The third kappa shape index (κ3) is 8.63. The molecule has 206 valence electrons. The van der Waals surface area contributed by atoms with Gasteiger partial charge in [-0.15, -0.1) is 0 Å². The number of benzene rings is 2. The minimum atomic E-state index is -5.26. The van der Waals surface area contributed by atoms with E-state index in [9.17, 15) is 19.1 Å². The van der Waals surface area contributed by atoms with E-state index in [0.717, 1.165) is 0 Å². The predicted molar refractivity (Wildman–Crippen MR) is 153 cm³/mol. The zero-order chi connectivity index (χ0) is 25.5. The predicted octanol–water partition coefficient (Wildman–Crippen LogP) is 5.61. The van der Waals surface area contributed by atoms with Gasteiger partial charge in [0.1, 0.15) is 0 Å². The Morgan fingerprint density at radius 2 is 1.49 bits per heavy atom. The van der Waals surface area contributed by atoms with Gasteiger partial charge in [-0.1, -0.05) is 0 Å². The molecule has 9 N–H and O–H groups in total. The Hall–Kier alpha value is -1.75. The molecule has 0 saturated heterocycles. The maximum absolute atomic E-state index is 13.2. The maximum atomic E-state index is 13.2. The summed E-state index contributed by atoms with van der Waals surface area (Å²) in [5, 5.41) is 0.550. The van der Waals surface area contributed by atoms with Crippen molar-refractivity contribution in [3.05, 3.63) is 52.8 Å². The van der Waals surface area contributed by atoms with Gasteiger partial charge in [0.15, 0.2) is 0 Å². The molecule has 0 spiro atoms. The molecule has 0 fully saturated rings. The molecule has 0 bridgehead atoms. The van der Waals surface area contributed by atoms with E-state index in [-0.39, 0.29) is 35.0 Å². The van der Waals surface area contributed by atoms with Gasteiger partial charge in [0.05, 0.1) is 0 Å². The molecule has 0 radical (unpaired) electrons. The van der Waals surface area contributed by atoms with Crippen LogP contribution in [0.4, 0.5) is 0 Å². The zero-order valence-electron chi connectivity index (χ0n) is 22.8. The number of aromatic amines is 1. The van der Waals surface area contributed by atoms with Crippen LogP contribution in [0, 0.1) is 0 Å². The first kappa shape index (κ1) is 33.3. The summed E-state index contributed by atoms with van der Waals surface area (Å²) in [6.07, 6.45) is 7.23. The summed E-state index contributed by atoms with van der Waals surface area (Å²) in [4.78, 5) is 43.0. The monoisotopic (exact) mass is 642 g/mol. The van der Waals surface area contributed by atoms with Crippen LogP contribution in [0.3, 0.4) is 0 Å². The molecule has 1 aromatic heterocycles. The van der Waals surface area contributed by atoms with Gasteiger partial charge in [-0.3, -0.25) is 0 Å². The second-order valence-electron chi connectivity index (χ2n) is 9.27. The van der Waals surface area contributed by atoms with Gasteiger partial charge in [-0.2, -0.15) is 0 Å². The van der Waals surface area contributed by atoms with Crippen LogP contribution in [0.5, 0.6) is 5.75 Å². The molecule has 3 aromatic rings. The molecule has 0 aliphatic rings. The minimum Gasteiger partial charge on any atom is -0.369 e. The van der Waals surface area contributed by atoms with Crippen molar-refractivity contribution >= 4 is 40.7 Å². The quantitative estimate of drug-likeness (QED) is 0.161. The van der Waals surface area contributed by atoms with Crippen LogP contribution >= 0.6 is 7.82 Å². The molecule has 0 amide bonds. The molecule has 0 aliphatic carbocycles.